The number of amides is 1. The lowest BCUT2D eigenvalue weighted by molar-refractivity contribution is -0.122. The fraction of sp³-hybridized carbons (Fsp3) is 0.933. The summed E-state index contributed by atoms with van der Waals surface area (Å²) in [6.07, 6.45) is 4.10. The Balaban J connectivity index is 2.22. The minimum Gasteiger partial charge on any atom is -0.356 e. The Labute approximate surface area is 118 Å². The van der Waals surface area contributed by atoms with Crippen LogP contribution in [0, 0.1) is 17.8 Å². The minimum absolute atomic E-state index is 0.171. The van der Waals surface area contributed by atoms with Gasteiger partial charge in [0.15, 0.2) is 0 Å². The number of nitrogens with two attached hydrogens (primary N) is 1. The van der Waals surface area contributed by atoms with Crippen LogP contribution in [-0.4, -0.2) is 44.0 Å². The molecule has 4 heteroatoms. The Bertz CT molecular complexity index is 268. The van der Waals surface area contributed by atoms with Crippen molar-refractivity contribution in [1.82, 2.24) is 10.2 Å². The van der Waals surface area contributed by atoms with Gasteiger partial charge in [-0.05, 0) is 57.2 Å². The van der Waals surface area contributed by atoms with Crippen molar-refractivity contribution >= 4 is 5.91 Å². The summed E-state index contributed by atoms with van der Waals surface area (Å²) in [5.74, 6) is 1.72. The molecule has 1 heterocycles. The summed E-state index contributed by atoms with van der Waals surface area (Å²) in [6, 6.07) is 0. The zero-order valence-electron chi connectivity index (χ0n) is 12.8. The average Bonchev–Trinajstić information content (AvgIpc) is 2.35. The second-order valence-corrected chi connectivity index (χ2v) is 6.51. The highest BCUT2D eigenvalue weighted by Crippen LogP contribution is 2.16. The summed E-state index contributed by atoms with van der Waals surface area (Å²) in [5, 5.41) is 3.09. The molecule has 4 nitrogen and oxygen atoms in total. The summed E-state index contributed by atoms with van der Waals surface area (Å²) in [5.41, 5.74) is 5.74. The molecule has 19 heavy (non-hydrogen) atoms. The van der Waals surface area contributed by atoms with Crippen LogP contribution < -0.4 is 11.1 Å². The standard InChI is InChI=1S/C15H31N3O/c1-12(2)7-14(9-16)8-15(19)17-10-13-5-4-6-18(3)11-13/h12-14H,4-11,16H2,1-3H3,(H,17,19)/t13?,14-/m0/s1. The molecule has 1 rings (SSSR count). The van der Waals surface area contributed by atoms with Crippen molar-refractivity contribution in [3.05, 3.63) is 0 Å². The maximum Gasteiger partial charge on any atom is 0.220 e. The second-order valence-electron chi connectivity index (χ2n) is 6.51. The Morgan fingerprint density at radius 3 is 2.79 bits per heavy atom. The van der Waals surface area contributed by atoms with Gasteiger partial charge in [-0.15, -0.1) is 0 Å². The van der Waals surface area contributed by atoms with Gasteiger partial charge in [0.05, 0.1) is 0 Å². The maximum atomic E-state index is 11.9. The molecular formula is C15H31N3O. The second kappa shape index (κ2) is 8.54. The van der Waals surface area contributed by atoms with E-state index in [2.05, 4.69) is 31.1 Å². The lowest BCUT2D eigenvalue weighted by atomic mass is 9.93. The summed E-state index contributed by atoms with van der Waals surface area (Å²) in [7, 11) is 2.15. The zero-order chi connectivity index (χ0) is 14.3. The lowest BCUT2D eigenvalue weighted by Gasteiger charge is -2.29. The third-order valence-corrected chi connectivity index (χ3v) is 3.92. The molecular weight excluding hydrogens is 238 g/mol. The van der Waals surface area contributed by atoms with Gasteiger partial charge >= 0.3 is 0 Å². The normalized spacial score (nSPS) is 22.5. The van der Waals surface area contributed by atoms with Crippen molar-refractivity contribution in [2.24, 2.45) is 23.5 Å². The van der Waals surface area contributed by atoms with Crippen LogP contribution in [0.15, 0.2) is 0 Å². The molecule has 1 amide bonds. The number of rotatable bonds is 7. The van der Waals surface area contributed by atoms with Crippen LogP contribution in [0.4, 0.5) is 0 Å². The predicted octanol–water partition coefficient (Wildman–Crippen LogP) is 1.46. The van der Waals surface area contributed by atoms with E-state index >= 15 is 0 Å². The number of piperidine rings is 1. The minimum atomic E-state index is 0.171. The first-order valence-corrected chi connectivity index (χ1v) is 7.66. The van der Waals surface area contributed by atoms with E-state index in [9.17, 15) is 4.79 Å². The average molecular weight is 269 g/mol. The molecule has 0 spiro atoms. The van der Waals surface area contributed by atoms with E-state index in [1.165, 1.54) is 19.4 Å². The number of likely N-dealkylation sites (tertiary alicyclic amines) is 1. The summed E-state index contributed by atoms with van der Waals surface area (Å²) >= 11 is 0. The van der Waals surface area contributed by atoms with Gasteiger partial charge in [0.1, 0.15) is 0 Å². The van der Waals surface area contributed by atoms with Gasteiger partial charge in [-0.3, -0.25) is 4.79 Å². The lowest BCUT2D eigenvalue weighted by Crippen LogP contribution is -2.39. The van der Waals surface area contributed by atoms with Crippen LogP contribution in [-0.2, 0) is 4.79 Å². The molecule has 3 N–H and O–H groups in total. The largest absolute Gasteiger partial charge is 0.356 e. The fourth-order valence-electron chi connectivity index (χ4n) is 2.96. The molecule has 0 aromatic heterocycles. The predicted molar refractivity (Wildman–Crippen MR) is 79.8 cm³/mol. The first kappa shape index (κ1) is 16.4. The van der Waals surface area contributed by atoms with E-state index in [0.717, 1.165) is 19.5 Å². The van der Waals surface area contributed by atoms with Gasteiger partial charge in [0.25, 0.3) is 0 Å². The van der Waals surface area contributed by atoms with Crippen LogP contribution in [0.1, 0.15) is 39.5 Å². The number of nitrogens with one attached hydrogen (secondary N) is 1. The Morgan fingerprint density at radius 1 is 1.47 bits per heavy atom. The topological polar surface area (TPSA) is 58.4 Å². The molecule has 1 aliphatic heterocycles. The van der Waals surface area contributed by atoms with E-state index in [4.69, 9.17) is 5.73 Å². The molecule has 0 radical (unpaired) electrons. The smallest absolute Gasteiger partial charge is 0.220 e. The number of hydrogen-bond acceptors (Lipinski definition) is 3. The summed E-state index contributed by atoms with van der Waals surface area (Å²) in [4.78, 5) is 14.3. The SMILES string of the molecule is CC(C)C[C@H](CN)CC(=O)NCC1CCCN(C)C1. The van der Waals surface area contributed by atoms with Gasteiger partial charge in [0, 0.05) is 19.5 Å². The number of carbonyl (C=O) groups excluding carboxylic acids is 1. The van der Waals surface area contributed by atoms with Gasteiger partial charge < -0.3 is 16.0 Å². The van der Waals surface area contributed by atoms with E-state index in [1.807, 2.05) is 0 Å². The molecule has 1 saturated heterocycles. The van der Waals surface area contributed by atoms with Crippen molar-refractivity contribution in [3.8, 4) is 0 Å². The number of hydrogen-bond donors (Lipinski definition) is 2. The van der Waals surface area contributed by atoms with Crippen molar-refractivity contribution in [2.75, 3.05) is 33.2 Å². The summed E-state index contributed by atoms with van der Waals surface area (Å²) < 4.78 is 0. The van der Waals surface area contributed by atoms with Crippen LogP contribution in [0.25, 0.3) is 0 Å². The van der Waals surface area contributed by atoms with Crippen LogP contribution in [0.5, 0.6) is 0 Å². The molecule has 0 bridgehead atoms. The highest BCUT2D eigenvalue weighted by Gasteiger charge is 2.19. The highest BCUT2D eigenvalue weighted by molar-refractivity contribution is 5.76. The molecule has 0 aromatic rings. The first-order chi connectivity index (χ1) is 9.01. The van der Waals surface area contributed by atoms with Crippen LogP contribution >= 0.6 is 0 Å². The Kier molecular flexibility index (Phi) is 7.39. The van der Waals surface area contributed by atoms with E-state index in [0.29, 0.717) is 30.7 Å². The van der Waals surface area contributed by atoms with Crippen LogP contribution in [0.3, 0.4) is 0 Å². The van der Waals surface area contributed by atoms with Crippen molar-refractivity contribution in [3.63, 3.8) is 0 Å². The fourth-order valence-corrected chi connectivity index (χ4v) is 2.96. The molecule has 1 unspecified atom stereocenters. The molecule has 0 saturated carbocycles. The third-order valence-electron chi connectivity index (χ3n) is 3.92. The molecule has 0 aromatic carbocycles. The third kappa shape index (κ3) is 6.92. The highest BCUT2D eigenvalue weighted by atomic mass is 16.1. The van der Waals surface area contributed by atoms with Gasteiger partial charge in [-0.1, -0.05) is 13.8 Å². The number of carbonyl (C=O) groups is 1. The monoisotopic (exact) mass is 269 g/mol. The Morgan fingerprint density at radius 2 is 2.21 bits per heavy atom. The first-order valence-electron chi connectivity index (χ1n) is 7.66. The van der Waals surface area contributed by atoms with Gasteiger partial charge in [-0.25, -0.2) is 0 Å². The number of nitrogens with zero attached hydrogens (tertiary/aromatic N) is 1. The molecule has 0 aliphatic carbocycles. The van der Waals surface area contributed by atoms with Crippen molar-refractivity contribution in [2.45, 2.75) is 39.5 Å². The van der Waals surface area contributed by atoms with E-state index in [1.54, 1.807) is 0 Å². The molecule has 1 aliphatic rings. The van der Waals surface area contributed by atoms with E-state index < -0.39 is 0 Å². The molecule has 2 atom stereocenters. The van der Waals surface area contributed by atoms with Crippen molar-refractivity contribution in [1.29, 1.82) is 0 Å². The van der Waals surface area contributed by atoms with E-state index in [-0.39, 0.29) is 5.91 Å². The Hall–Kier alpha value is -0.610. The quantitative estimate of drug-likeness (QED) is 0.735. The zero-order valence-corrected chi connectivity index (χ0v) is 12.8. The maximum absolute atomic E-state index is 11.9. The van der Waals surface area contributed by atoms with Gasteiger partial charge in [-0.2, -0.15) is 0 Å². The van der Waals surface area contributed by atoms with Crippen molar-refractivity contribution < 1.29 is 4.79 Å². The van der Waals surface area contributed by atoms with Crippen LogP contribution in [0.2, 0.25) is 0 Å². The summed E-state index contributed by atoms with van der Waals surface area (Å²) in [6.45, 7) is 8.08. The molecule has 1 fully saturated rings. The van der Waals surface area contributed by atoms with Gasteiger partial charge in [0.2, 0.25) is 5.91 Å². The molecule has 112 valence electrons.